The summed E-state index contributed by atoms with van der Waals surface area (Å²) < 4.78 is 18.9. The molecule has 1 aliphatic heterocycles. The molecule has 0 aromatic heterocycles. The number of methoxy groups -OCH3 is 1. The molecule has 0 saturated carbocycles. The Labute approximate surface area is 112 Å². The van der Waals surface area contributed by atoms with Gasteiger partial charge in [-0.15, -0.1) is 0 Å². The highest BCUT2D eigenvalue weighted by atomic mass is 19.1. The summed E-state index contributed by atoms with van der Waals surface area (Å²) in [6.45, 7) is 3.12. The summed E-state index contributed by atoms with van der Waals surface area (Å²) in [4.78, 5) is 14.0. The molecule has 1 amide bonds. The van der Waals surface area contributed by atoms with Gasteiger partial charge in [0, 0.05) is 19.1 Å². The van der Waals surface area contributed by atoms with E-state index >= 15 is 0 Å². The predicted octanol–water partition coefficient (Wildman–Crippen LogP) is 1.64. The zero-order valence-corrected chi connectivity index (χ0v) is 11.2. The molecule has 19 heavy (non-hydrogen) atoms. The van der Waals surface area contributed by atoms with Gasteiger partial charge < -0.3 is 15.4 Å². The third kappa shape index (κ3) is 2.71. The van der Waals surface area contributed by atoms with Crippen molar-refractivity contribution in [1.82, 2.24) is 4.90 Å². The van der Waals surface area contributed by atoms with Crippen molar-refractivity contribution >= 4 is 5.91 Å². The molecule has 2 unspecified atom stereocenters. The molecule has 1 aliphatic rings. The van der Waals surface area contributed by atoms with Crippen LogP contribution < -0.4 is 10.5 Å². The van der Waals surface area contributed by atoms with Crippen molar-refractivity contribution in [2.24, 2.45) is 11.7 Å². The molecular weight excluding hydrogens is 247 g/mol. The Morgan fingerprint density at radius 3 is 2.89 bits per heavy atom. The first-order chi connectivity index (χ1) is 9.04. The summed E-state index contributed by atoms with van der Waals surface area (Å²) >= 11 is 0. The molecule has 1 heterocycles. The van der Waals surface area contributed by atoms with E-state index in [1.54, 1.807) is 11.0 Å². The first-order valence-corrected chi connectivity index (χ1v) is 6.42. The Kier molecular flexibility index (Phi) is 4.04. The number of nitrogens with zero attached hydrogens (tertiary/aromatic N) is 1. The van der Waals surface area contributed by atoms with E-state index in [-0.39, 0.29) is 23.3 Å². The highest BCUT2D eigenvalue weighted by molar-refractivity contribution is 5.97. The maximum absolute atomic E-state index is 13.9. The minimum absolute atomic E-state index is 0.00764. The average molecular weight is 266 g/mol. The van der Waals surface area contributed by atoms with Gasteiger partial charge in [-0.05, 0) is 24.5 Å². The first-order valence-electron chi connectivity index (χ1n) is 6.42. The van der Waals surface area contributed by atoms with Crippen LogP contribution in [-0.2, 0) is 0 Å². The van der Waals surface area contributed by atoms with Crippen molar-refractivity contribution in [3.63, 3.8) is 0 Å². The second kappa shape index (κ2) is 5.57. The molecular formula is C14H19FN2O2. The van der Waals surface area contributed by atoms with Crippen molar-refractivity contribution in [1.29, 1.82) is 0 Å². The standard InChI is InChI=1S/C14H19FN2O2/c1-9-6-7-17(8-11(9)16)14(18)13-10(15)4-3-5-12(13)19-2/h3-5,9,11H,6-8,16H2,1-2H3. The number of amides is 1. The van der Waals surface area contributed by atoms with Crippen LogP contribution in [0.5, 0.6) is 5.75 Å². The fourth-order valence-electron chi connectivity index (χ4n) is 2.32. The summed E-state index contributed by atoms with van der Waals surface area (Å²) in [5, 5.41) is 0. The number of halogens is 1. The van der Waals surface area contributed by atoms with Gasteiger partial charge in [0.15, 0.2) is 0 Å². The van der Waals surface area contributed by atoms with Crippen LogP contribution in [0.3, 0.4) is 0 Å². The molecule has 4 nitrogen and oxygen atoms in total. The van der Waals surface area contributed by atoms with Crippen LogP contribution in [-0.4, -0.2) is 37.0 Å². The Hall–Kier alpha value is -1.62. The first kappa shape index (κ1) is 13.8. The molecule has 0 radical (unpaired) electrons. The summed E-state index contributed by atoms with van der Waals surface area (Å²) in [6.07, 6.45) is 0.837. The van der Waals surface area contributed by atoms with Gasteiger partial charge in [-0.2, -0.15) is 0 Å². The minimum atomic E-state index is -0.559. The fourth-order valence-corrected chi connectivity index (χ4v) is 2.32. The number of piperidine rings is 1. The molecule has 2 N–H and O–H groups in total. The molecule has 5 heteroatoms. The molecule has 0 aliphatic carbocycles. The van der Waals surface area contributed by atoms with Gasteiger partial charge in [0.2, 0.25) is 0 Å². The summed E-state index contributed by atoms with van der Waals surface area (Å²) in [5.74, 6) is -0.266. The molecule has 1 fully saturated rings. The molecule has 0 spiro atoms. The molecule has 1 saturated heterocycles. The Balaban J connectivity index is 2.25. The number of likely N-dealkylation sites (tertiary alicyclic amines) is 1. The third-order valence-electron chi connectivity index (χ3n) is 3.71. The van der Waals surface area contributed by atoms with Crippen molar-refractivity contribution in [2.45, 2.75) is 19.4 Å². The van der Waals surface area contributed by atoms with Crippen LogP contribution in [0, 0.1) is 11.7 Å². The van der Waals surface area contributed by atoms with Crippen LogP contribution >= 0.6 is 0 Å². The Morgan fingerprint density at radius 2 is 2.26 bits per heavy atom. The van der Waals surface area contributed by atoms with Crippen molar-refractivity contribution in [3.8, 4) is 5.75 Å². The van der Waals surface area contributed by atoms with Gasteiger partial charge in [0.1, 0.15) is 17.1 Å². The lowest BCUT2D eigenvalue weighted by Gasteiger charge is -2.35. The number of nitrogens with two attached hydrogens (primary N) is 1. The van der Waals surface area contributed by atoms with Crippen LogP contribution in [0.1, 0.15) is 23.7 Å². The van der Waals surface area contributed by atoms with E-state index in [4.69, 9.17) is 10.5 Å². The van der Waals surface area contributed by atoms with E-state index in [2.05, 4.69) is 6.92 Å². The number of carbonyl (C=O) groups is 1. The van der Waals surface area contributed by atoms with Gasteiger partial charge in [-0.1, -0.05) is 13.0 Å². The number of hydrogen-bond acceptors (Lipinski definition) is 3. The van der Waals surface area contributed by atoms with Crippen molar-refractivity contribution < 1.29 is 13.9 Å². The van der Waals surface area contributed by atoms with Crippen LogP contribution in [0.15, 0.2) is 18.2 Å². The number of benzene rings is 1. The van der Waals surface area contributed by atoms with Crippen LogP contribution in [0.4, 0.5) is 4.39 Å². The van der Waals surface area contributed by atoms with E-state index in [0.717, 1.165) is 6.42 Å². The van der Waals surface area contributed by atoms with E-state index in [0.29, 0.717) is 19.0 Å². The van der Waals surface area contributed by atoms with E-state index in [9.17, 15) is 9.18 Å². The predicted molar refractivity (Wildman–Crippen MR) is 70.6 cm³/mol. The average Bonchev–Trinajstić information content (AvgIpc) is 2.40. The third-order valence-corrected chi connectivity index (χ3v) is 3.71. The molecule has 2 atom stereocenters. The Morgan fingerprint density at radius 1 is 1.53 bits per heavy atom. The van der Waals surface area contributed by atoms with Crippen molar-refractivity contribution in [2.75, 3.05) is 20.2 Å². The molecule has 1 aromatic rings. The molecule has 2 rings (SSSR count). The van der Waals surface area contributed by atoms with Crippen molar-refractivity contribution in [3.05, 3.63) is 29.6 Å². The van der Waals surface area contributed by atoms with Gasteiger partial charge in [-0.25, -0.2) is 4.39 Å². The van der Waals surface area contributed by atoms with Crippen LogP contribution in [0.2, 0.25) is 0 Å². The fraction of sp³-hybridized carbons (Fsp3) is 0.500. The normalized spacial score (nSPS) is 23.3. The number of ether oxygens (including phenoxy) is 1. The number of hydrogen-bond donors (Lipinski definition) is 1. The lowest BCUT2D eigenvalue weighted by atomic mass is 9.94. The lowest BCUT2D eigenvalue weighted by molar-refractivity contribution is 0.0664. The molecule has 104 valence electrons. The largest absolute Gasteiger partial charge is 0.496 e. The summed E-state index contributed by atoms with van der Waals surface area (Å²) in [6, 6.07) is 4.32. The number of carbonyl (C=O) groups excluding carboxylic acids is 1. The van der Waals surface area contributed by atoms with E-state index in [1.807, 2.05) is 0 Å². The highest BCUT2D eigenvalue weighted by Crippen LogP contribution is 2.25. The minimum Gasteiger partial charge on any atom is -0.496 e. The van der Waals surface area contributed by atoms with Gasteiger partial charge in [0.25, 0.3) is 5.91 Å². The quantitative estimate of drug-likeness (QED) is 0.885. The van der Waals surface area contributed by atoms with Crippen LogP contribution in [0.25, 0.3) is 0 Å². The Bertz CT molecular complexity index is 479. The van der Waals surface area contributed by atoms with E-state index in [1.165, 1.54) is 19.2 Å². The maximum Gasteiger partial charge on any atom is 0.260 e. The summed E-state index contributed by atoms with van der Waals surface area (Å²) in [5.41, 5.74) is 5.97. The zero-order valence-electron chi connectivity index (χ0n) is 11.2. The SMILES string of the molecule is COc1cccc(F)c1C(=O)N1CCC(C)C(N)C1. The lowest BCUT2D eigenvalue weighted by Crippen LogP contribution is -2.49. The van der Waals surface area contributed by atoms with E-state index < -0.39 is 5.82 Å². The number of rotatable bonds is 2. The second-order valence-electron chi connectivity index (χ2n) is 5.00. The van der Waals surface area contributed by atoms with Gasteiger partial charge in [-0.3, -0.25) is 4.79 Å². The highest BCUT2D eigenvalue weighted by Gasteiger charge is 2.29. The monoisotopic (exact) mass is 266 g/mol. The molecule has 1 aromatic carbocycles. The summed E-state index contributed by atoms with van der Waals surface area (Å²) in [7, 11) is 1.43. The zero-order chi connectivity index (χ0) is 14.0. The maximum atomic E-state index is 13.9. The van der Waals surface area contributed by atoms with Gasteiger partial charge >= 0.3 is 0 Å². The molecule has 0 bridgehead atoms. The smallest absolute Gasteiger partial charge is 0.260 e. The second-order valence-corrected chi connectivity index (χ2v) is 5.00. The van der Waals surface area contributed by atoms with Gasteiger partial charge in [0.05, 0.1) is 7.11 Å². The topological polar surface area (TPSA) is 55.6 Å².